The van der Waals surface area contributed by atoms with Crippen molar-refractivity contribution < 1.29 is 64.6 Å². The van der Waals surface area contributed by atoms with Crippen molar-refractivity contribution in [3.05, 3.63) is 0 Å². The molecule has 2 fully saturated rings. The maximum absolute atomic E-state index is 13.2. The van der Waals surface area contributed by atoms with Gasteiger partial charge in [0.2, 0.25) is 5.91 Å². The number of aliphatic hydroxyl groups is 8. The third-order valence-electron chi connectivity index (χ3n) is 14.6. The number of unbranched alkanes of at least 4 members (excludes halogenated alkanes) is 33. The van der Waals surface area contributed by atoms with Crippen molar-refractivity contribution in [3.63, 3.8) is 0 Å². The van der Waals surface area contributed by atoms with Gasteiger partial charge in [0.15, 0.2) is 12.6 Å². The van der Waals surface area contributed by atoms with Gasteiger partial charge in [-0.05, 0) is 12.8 Å². The summed E-state index contributed by atoms with van der Waals surface area (Å²) in [4.78, 5) is 13.2. The summed E-state index contributed by atoms with van der Waals surface area (Å²) in [5, 5.41) is 87.2. The van der Waals surface area contributed by atoms with E-state index in [4.69, 9.17) is 18.9 Å². The molecule has 0 radical (unpaired) electrons. The summed E-state index contributed by atoms with van der Waals surface area (Å²) >= 11 is 0. The van der Waals surface area contributed by atoms with Crippen molar-refractivity contribution in [1.82, 2.24) is 5.32 Å². The predicted octanol–water partition coefficient (Wildman–Crippen LogP) is 8.95. The van der Waals surface area contributed by atoms with Crippen LogP contribution in [-0.2, 0) is 23.7 Å². The first kappa shape index (κ1) is 64.1. The Morgan fingerprint density at radius 2 is 0.826 bits per heavy atom. The number of ether oxygens (including phenoxy) is 4. The maximum atomic E-state index is 13.2. The number of nitrogens with one attached hydrogen (secondary N) is 1. The molecule has 0 saturated carbocycles. The van der Waals surface area contributed by atoms with Crippen molar-refractivity contribution in [2.24, 2.45) is 0 Å². The maximum Gasteiger partial charge on any atom is 0.220 e. The first-order valence-electron chi connectivity index (χ1n) is 28.8. The standard InChI is InChI=1S/C55H107NO13/c1-3-5-7-9-11-13-15-17-19-21-23-25-27-29-31-33-35-37-39-47(60)56-43(44(59)38-36-34-32-30-28-26-24-22-20-18-16-14-12-10-8-6-4-2)42-66-54-52(65)50(63)53(46(41-58)68-54)69-55-51(64)49(62)48(61)45(40-57)67-55/h43-46,48-55,57-59,61-65H,3-42H2,1-2H3,(H,56,60)/t43-,44+,45+,46+,48-,49?,50?,51?,52?,53+,54+,55-/m0/s1. The smallest absolute Gasteiger partial charge is 0.220 e. The molecule has 2 heterocycles. The van der Waals surface area contributed by atoms with E-state index >= 15 is 0 Å². The molecule has 12 atom stereocenters. The van der Waals surface area contributed by atoms with Crippen LogP contribution in [0, 0.1) is 0 Å². The number of carbonyl (C=O) groups excluding carboxylic acids is 1. The van der Waals surface area contributed by atoms with Gasteiger partial charge in [0.1, 0.15) is 48.8 Å². The lowest BCUT2D eigenvalue weighted by Gasteiger charge is -2.46. The molecule has 0 aromatic carbocycles. The highest BCUT2D eigenvalue weighted by Gasteiger charge is 2.51. The van der Waals surface area contributed by atoms with Crippen LogP contribution in [0.25, 0.3) is 0 Å². The molecule has 69 heavy (non-hydrogen) atoms. The molecule has 0 aromatic rings. The van der Waals surface area contributed by atoms with E-state index in [0.29, 0.717) is 12.8 Å². The highest BCUT2D eigenvalue weighted by molar-refractivity contribution is 5.76. The minimum Gasteiger partial charge on any atom is -0.394 e. The summed E-state index contributed by atoms with van der Waals surface area (Å²) in [7, 11) is 0. The number of hydrogen-bond acceptors (Lipinski definition) is 13. The third kappa shape index (κ3) is 28.9. The van der Waals surface area contributed by atoms with Crippen LogP contribution in [0.3, 0.4) is 0 Å². The summed E-state index contributed by atoms with van der Waals surface area (Å²) in [6, 6.07) is -0.822. The van der Waals surface area contributed by atoms with Gasteiger partial charge in [-0.2, -0.15) is 0 Å². The Kier molecular flexibility index (Phi) is 39.4. The Labute approximate surface area is 419 Å². The number of aliphatic hydroxyl groups excluding tert-OH is 8. The number of hydrogen-bond donors (Lipinski definition) is 9. The fourth-order valence-electron chi connectivity index (χ4n) is 9.89. The topological polar surface area (TPSA) is 228 Å². The van der Waals surface area contributed by atoms with Gasteiger partial charge >= 0.3 is 0 Å². The van der Waals surface area contributed by atoms with Gasteiger partial charge in [0, 0.05) is 6.42 Å². The van der Waals surface area contributed by atoms with Gasteiger partial charge in [-0.3, -0.25) is 4.79 Å². The van der Waals surface area contributed by atoms with Gasteiger partial charge in [-0.1, -0.05) is 232 Å². The quantitative estimate of drug-likeness (QED) is 0.0260. The predicted molar refractivity (Wildman–Crippen MR) is 272 cm³/mol. The highest BCUT2D eigenvalue weighted by Crippen LogP contribution is 2.30. The van der Waals surface area contributed by atoms with E-state index in [9.17, 15) is 45.6 Å². The zero-order valence-corrected chi connectivity index (χ0v) is 43.8. The molecule has 14 heteroatoms. The molecule has 9 N–H and O–H groups in total. The van der Waals surface area contributed by atoms with Crippen LogP contribution in [0.15, 0.2) is 0 Å². The van der Waals surface area contributed by atoms with E-state index in [0.717, 1.165) is 51.4 Å². The fraction of sp³-hybridized carbons (Fsp3) is 0.982. The second-order valence-electron chi connectivity index (χ2n) is 20.8. The lowest BCUT2D eigenvalue weighted by molar-refractivity contribution is -0.359. The third-order valence-corrected chi connectivity index (χ3v) is 14.6. The Balaban J connectivity index is 1.77. The molecule has 0 aromatic heterocycles. The van der Waals surface area contributed by atoms with Crippen LogP contribution >= 0.6 is 0 Å². The monoisotopic (exact) mass is 990 g/mol. The van der Waals surface area contributed by atoms with Crippen LogP contribution in [0.4, 0.5) is 0 Å². The summed E-state index contributed by atoms with van der Waals surface area (Å²) in [5.74, 6) is -0.201. The summed E-state index contributed by atoms with van der Waals surface area (Å²) in [6.07, 6.45) is 28.1. The van der Waals surface area contributed by atoms with E-state index < -0.39 is 86.8 Å². The van der Waals surface area contributed by atoms with E-state index in [2.05, 4.69) is 19.2 Å². The average Bonchev–Trinajstić information content (AvgIpc) is 3.35. The normalized spacial score (nSPS) is 26.1. The highest BCUT2D eigenvalue weighted by atomic mass is 16.7. The molecule has 4 unspecified atom stereocenters. The van der Waals surface area contributed by atoms with Crippen molar-refractivity contribution >= 4 is 5.91 Å². The number of amides is 1. The molecule has 14 nitrogen and oxygen atoms in total. The zero-order chi connectivity index (χ0) is 50.3. The second kappa shape index (κ2) is 42.4. The Morgan fingerprint density at radius 1 is 0.464 bits per heavy atom. The van der Waals surface area contributed by atoms with Crippen molar-refractivity contribution in [3.8, 4) is 0 Å². The molecule has 1 amide bonds. The van der Waals surface area contributed by atoms with Crippen molar-refractivity contribution in [1.29, 1.82) is 0 Å². The summed E-state index contributed by atoms with van der Waals surface area (Å²) in [5.41, 5.74) is 0. The van der Waals surface area contributed by atoms with Gasteiger partial charge in [-0.25, -0.2) is 0 Å². The summed E-state index contributed by atoms with van der Waals surface area (Å²) in [6.45, 7) is 2.89. The molecule has 2 aliphatic heterocycles. The molecule has 410 valence electrons. The van der Waals surface area contributed by atoms with Gasteiger partial charge in [0.25, 0.3) is 0 Å². The second-order valence-corrected chi connectivity index (χ2v) is 20.8. The van der Waals surface area contributed by atoms with Crippen LogP contribution in [0.5, 0.6) is 0 Å². The minimum absolute atomic E-state index is 0.201. The lowest BCUT2D eigenvalue weighted by atomic mass is 9.97. The van der Waals surface area contributed by atoms with E-state index in [1.807, 2.05) is 0 Å². The van der Waals surface area contributed by atoms with Gasteiger partial charge in [-0.15, -0.1) is 0 Å². The SMILES string of the molecule is CCCCCCCCCCCCCCCCCCCCC(=O)N[C@@H](CO[C@@H]1O[C@H](CO)[C@@H](O[C@@H]2O[C@H](CO)[C@H](O)C(O)C2O)C(O)C1O)[C@H](O)CCCCCCCCCCCCCCCCCCC. The lowest BCUT2D eigenvalue weighted by Crippen LogP contribution is -2.65. The Morgan fingerprint density at radius 3 is 1.23 bits per heavy atom. The summed E-state index contributed by atoms with van der Waals surface area (Å²) < 4.78 is 22.8. The average molecular weight is 990 g/mol. The van der Waals surface area contributed by atoms with Crippen LogP contribution < -0.4 is 5.32 Å². The largest absolute Gasteiger partial charge is 0.394 e. The molecular weight excluding hydrogens is 883 g/mol. The van der Waals surface area contributed by atoms with Crippen LogP contribution in [0.2, 0.25) is 0 Å². The molecular formula is C55H107NO13. The molecule has 0 bridgehead atoms. The van der Waals surface area contributed by atoms with Crippen molar-refractivity contribution in [2.75, 3.05) is 19.8 Å². The van der Waals surface area contributed by atoms with E-state index in [-0.39, 0.29) is 12.5 Å². The molecule has 2 rings (SSSR count). The van der Waals surface area contributed by atoms with Crippen LogP contribution in [0.1, 0.15) is 251 Å². The number of carbonyl (C=O) groups is 1. The minimum atomic E-state index is -1.78. The zero-order valence-electron chi connectivity index (χ0n) is 43.8. The molecule has 0 spiro atoms. The molecule has 2 aliphatic rings. The molecule has 0 aliphatic carbocycles. The molecule has 2 saturated heterocycles. The first-order chi connectivity index (χ1) is 33.6. The fourth-order valence-corrected chi connectivity index (χ4v) is 9.89. The Bertz CT molecular complexity index is 1170. The van der Waals surface area contributed by atoms with E-state index in [1.165, 1.54) is 173 Å². The van der Waals surface area contributed by atoms with E-state index in [1.54, 1.807) is 0 Å². The van der Waals surface area contributed by atoms with Crippen LogP contribution in [-0.4, -0.2) is 140 Å². The Hall–Kier alpha value is -1.01. The van der Waals surface area contributed by atoms with Gasteiger partial charge in [0.05, 0.1) is 32.0 Å². The number of rotatable bonds is 46. The first-order valence-corrected chi connectivity index (χ1v) is 28.8. The van der Waals surface area contributed by atoms with Gasteiger partial charge < -0.3 is 65.1 Å². The van der Waals surface area contributed by atoms with Crippen molar-refractivity contribution in [2.45, 2.75) is 325 Å².